The van der Waals surface area contributed by atoms with Crippen molar-refractivity contribution < 1.29 is 13.6 Å². The van der Waals surface area contributed by atoms with E-state index in [0.29, 0.717) is 25.8 Å². The first kappa shape index (κ1) is 18.3. The second kappa shape index (κ2) is 9.23. The first-order valence-electron chi connectivity index (χ1n) is 7.25. The van der Waals surface area contributed by atoms with Crippen molar-refractivity contribution in [1.82, 2.24) is 10.2 Å². The zero-order chi connectivity index (χ0) is 14.9. The van der Waals surface area contributed by atoms with Gasteiger partial charge < -0.3 is 10.2 Å². The second-order valence-electron chi connectivity index (χ2n) is 4.96. The van der Waals surface area contributed by atoms with E-state index in [4.69, 9.17) is 0 Å². The average molecular weight is 278 g/mol. The molecule has 0 aliphatic carbocycles. The molecule has 0 aromatic rings. The molecule has 1 amide bonds. The minimum absolute atomic E-state index is 0.160. The molecule has 3 nitrogen and oxygen atoms in total. The predicted molar refractivity (Wildman–Crippen MR) is 74.5 cm³/mol. The molecule has 0 saturated carbocycles. The fourth-order valence-corrected chi connectivity index (χ4v) is 1.88. The van der Waals surface area contributed by atoms with E-state index < -0.39 is 18.5 Å². The van der Waals surface area contributed by atoms with Crippen LogP contribution in [0.2, 0.25) is 0 Å². The number of halogens is 2. The van der Waals surface area contributed by atoms with Crippen molar-refractivity contribution in [2.45, 2.75) is 64.8 Å². The zero-order valence-electron chi connectivity index (χ0n) is 12.6. The fraction of sp³-hybridized carbons (Fsp3) is 0.929. The summed E-state index contributed by atoms with van der Waals surface area (Å²) < 4.78 is 26.9. The highest BCUT2D eigenvalue weighted by atomic mass is 19.3. The van der Waals surface area contributed by atoms with Gasteiger partial charge in [-0.3, -0.25) is 4.79 Å². The largest absolute Gasteiger partial charge is 0.337 e. The van der Waals surface area contributed by atoms with Crippen LogP contribution in [0.5, 0.6) is 0 Å². The van der Waals surface area contributed by atoms with E-state index >= 15 is 0 Å². The van der Waals surface area contributed by atoms with E-state index in [1.54, 1.807) is 0 Å². The summed E-state index contributed by atoms with van der Waals surface area (Å²) in [5, 5.41) is 2.60. The van der Waals surface area contributed by atoms with Crippen LogP contribution >= 0.6 is 0 Å². The number of alkyl halides is 2. The van der Waals surface area contributed by atoms with E-state index in [2.05, 4.69) is 19.2 Å². The average Bonchev–Trinajstić information content (AvgIpc) is 2.38. The second-order valence-corrected chi connectivity index (χ2v) is 4.96. The Labute approximate surface area is 115 Å². The lowest BCUT2D eigenvalue weighted by atomic mass is 10.0. The van der Waals surface area contributed by atoms with Gasteiger partial charge in [0.1, 0.15) is 0 Å². The summed E-state index contributed by atoms with van der Waals surface area (Å²) in [5.41, 5.74) is 0. The van der Waals surface area contributed by atoms with Gasteiger partial charge in [-0.15, -0.1) is 0 Å². The van der Waals surface area contributed by atoms with Crippen LogP contribution < -0.4 is 5.32 Å². The first-order valence-corrected chi connectivity index (χ1v) is 7.25. The number of nitrogens with one attached hydrogen (secondary N) is 1. The molecule has 19 heavy (non-hydrogen) atoms. The van der Waals surface area contributed by atoms with Gasteiger partial charge in [0.2, 0.25) is 5.91 Å². The minimum atomic E-state index is -2.81. The van der Waals surface area contributed by atoms with Crippen molar-refractivity contribution in [3.05, 3.63) is 0 Å². The molecule has 1 unspecified atom stereocenters. The Morgan fingerprint density at radius 2 is 1.84 bits per heavy atom. The molecule has 0 spiro atoms. The Morgan fingerprint density at radius 3 is 2.21 bits per heavy atom. The molecule has 1 aliphatic rings. The van der Waals surface area contributed by atoms with E-state index in [1.807, 2.05) is 6.92 Å². The van der Waals surface area contributed by atoms with Gasteiger partial charge in [0.25, 0.3) is 5.92 Å². The Kier molecular flexibility index (Phi) is 8.89. The summed E-state index contributed by atoms with van der Waals surface area (Å²) in [4.78, 5) is 12.7. The molecule has 0 radical (unpaired) electrons. The third kappa shape index (κ3) is 6.32. The number of carbonyl (C=O) groups excluding carboxylic acids is 1. The SMILES string of the molecule is CCCC.CCCC(=O)N1CCC(NC)C(F)(F)C1. The smallest absolute Gasteiger partial charge is 0.280 e. The van der Waals surface area contributed by atoms with Gasteiger partial charge in [-0.25, -0.2) is 8.78 Å². The first-order chi connectivity index (χ1) is 8.92. The molecule has 1 heterocycles. The molecule has 114 valence electrons. The molecule has 1 aliphatic heterocycles. The normalized spacial score (nSPS) is 21.6. The molecule has 0 aromatic heterocycles. The zero-order valence-corrected chi connectivity index (χ0v) is 12.6. The number of unbranched alkanes of at least 4 members (excludes halogenated alkanes) is 1. The number of carbonyl (C=O) groups is 1. The van der Waals surface area contributed by atoms with Crippen molar-refractivity contribution in [1.29, 1.82) is 0 Å². The predicted octanol–water partition coefficient (Wildman–Crippen LogP) is 3.05. The monoisotopic (exact) mass is 278 g/mol. The molecule has 0 aromatic carbocycles. The lowest BCUT2D eigenvalue weighted by Gasteiger charge is -2.38. The summed E-state index contributed by atoms with van der Waals surface area (Å²) in [6.07, 6.45) is 4.02. The van der Waals surface area contributed by atoms with Crippen LogP contribution in [-0.2, 0) is 4.79 Å². The molecular weight excluding hydrogens is 250 g/mol. The molecule has 1 fully saturated rings. The topological polar surface area (TPSA) is 32.3 Å². The van der Waals surface area contributed by atoms with Crippen LogP contribution in [0.15, 0.2) is 0 Å². The van der Waals surface area contributed by atoms with Crippen LogP contribution in [0, 0.1) is 0 Å². The molecule has 0 bridgehead atoms. The minimum Gasteiger partial charge on any atom is -0.337 e. The van der Waals surface area contributed by atoms with E-state index in [0.717, 1.165) is 0 Å². The number of likely N-dealkylation sites (tertiary alicyclic amines) is 1. The summed E-state index contributed by atoms with van der Waals surface area (Å²) >= 11 is 0. The van der Waals surface area contributed by atoms with E-state index in [9.17, 15) is 13.6 Å². The molecular formula is C14H28F2N2O. The quantitative estimate of drug-likeness (QED) is 0.857. The van der Waals surface area contributed by atoms with E-state index in [-0.39, 0.29) is 5.91 Å². The number of piperidine rings is 1. The van der Waals surface area contributed by atoms with Crippen LogP contribution in [0.3, 0.4) is 0 Å². The highest BCUT2D eigenvalue weighted by Crippen LogP contribution is 2.27. The van der Waals surface area contributed by atoms with Crippen molar-refractivity contribution in [2.24, 2.45) is 0 Å². The molecule has 1 saturated heterocycles. The summed E-state index contributed by atoms with van der Waals surface area (Å²) in [5.74, 6) is -2.97. The van der Waals surface area contributed by atoms with Crippen molar-refractivity contribution in [2.75, 3.05) is 20.1 Å². The van der Waals surface area contributed by atoms with Gasteiger partial charge in [0.05, 0.1) is 12.6 Å². The van der Waals surface area contributed by atoms with Gasteiger partial charge in [-0.05, 0) is 19.9 Å². The Bertz CT molecular complexity index is 258. The lowest BCUT2D eigenvalue weighted by Crippen LogP contribution is -2.57. The number of hydrogen-bond donors (Lipinski definition) is 1. The number of hydrogen-bond acceptors (Lipinski definition) is 2. The maximum Gasteiger partial charge on any atom is 0.280 e. The van der Waals surface area contributed by atoms with Gasteiger partial charge in [0, 0.05) is 13.0 Å². The van der Waals surface area contributed by atoms with Gasteiger partial charge in [0.15, 0.2) is 0 Å². The summed E-state index contributed by atoms with van der Waals surface area (Å²) in [6, 6.07) is -0.803. The van der Waals surface area contributed by atoms with Crippen LogP contribution in [-0.4, -0.2) is 42.9 Å². The van der Waals surface area contributed by atoms with Crippen LogP contribution in [0.1, 0.15) is 52.9 Å². The van der Waals surface area contributed by atoms with Crippen LogP contribution in [0.4, 0.5) is 8.78 Å². The van der Waals surface area contributed by atoms with Gasteiger partial charge >= 0.3 is 0 Å². The highest BCUT2D eigenvalue weighted by molar-refractivity contribution is 5.76. The highest BCUT2D eigenvalue weighted by Gasteiger charge is 2.44. The maximum absolute atomic E-state index is 13.5. The number of amides is 1. The summed E-state index contributed by atoms with van der Waals surface area (Å²) in [7, 11) is 1.53. The van der Waals surface area contributed by atoms with Gasteiger partial charge in [-0.1, -0.05) is 33.6 Å². The van der Waals surface area contributed by atoms with Gasteiger partial charge in [-0.2, -0.15) is 0 Å². The van der Waals surface area contributed by atoms with Crippen LogP contribution in [0.25, 0.3) is 0 Å². The summed E-state index contributed by atoms with van der Waals surface area (Å²) in [6.45, 7) is 6.22. The van der Waals surface area contributed by atoms with Crippen molar-refractivity contribution in [3.63, 3.8) is 0 Å². The molecule has 1 N–H and O–H groups in total. The molecule has 5 heteroatoms. The number of nitrogens with zero attached hydrogens (tertiary/aromatic N) is 1. The fourth-order valence-electron chi connectivity index (χ4n) is 1.88. The maximum atomic E-state index is 13.5. The standard InChI is InChI=1S/C10H18F2N2O.C4H10/c1-3-4-9(15)14-6-5-8(13-2)10(11,12)7-14;1-3-4-2/h8,13H,3-7H2,1-2H3;3-4H2,1-2H3. The Balaban J connectivity index is 0.000000711. The number of rotatable bonds is 4. The Hall–Kier alpha value is -0.710. The van der Waals surface area contributed by atoms with Crippen molar-refractivity contribution >= 4 is 5.91 Å². The Morgan fingerprint density at radius 1 is 1.26 bits per heavy atom. The van der Waals surface area contributed by atoms with Crippen molar-refractivity contribution in [3.8, 4) is 0 Å². The molecule has 1 rings (SSSR count). The molecule has 1 atom stereocenters. The third-order valence-corrected chi connectivity index (χ3v) is 3.26. The lowest BCUT2D eigenvalue weighted by molar-refractivity contribution is -0.145. The third-order valence-electron chi connectivity index (χ3n) is 3.26. The van der Waals surface area contributed by atoms with E-state index in [1.165, 1.54) is 24.8 Å².